The van der Waals surface area contributed by atoms with Crippen LogP contribution < -0.4 is 0 Å². The molecule has 0 aliphatic heterocycles. The lowest BCUT2D eigenvalue weighted by atomic mass is 10.0. The van der Waals surface area contributed by atoms with Crippen LogP contribution in [0.15, 0.2) is 0 Å². The Morgan fingerprint density at radius 2 is 1.00 bits per heavy atom. The fraction of sp³-hybridized carbons (Fsp3) is 1.00. The monoisotopic (exact) mass is 340 g/mol. The standard InChI is InChI=1S/C16H33ClO3S/c1-2-3-4-5-6-7-8-9-10-11-12-13-14-15-16-20-21(17,18)19/h2-16H2,1H3. The molecule has 3 nitrogen and oxygen atoms in total. The van der Waals surface area contributed by atoms with Crippen LogP contribution in [0.4, 0.5) is 0 Å². The highest BCUT2D eigenvalue weighted by atomic mass is 35.7. The van der Waals surface area contributed by atoms with Gasteiger partial charge in [-0.25, -0.2) is 0 Å². The Kier molecular flexibility index (Phi) is 15.3. The molecule has 0 bridgehead atoms. The average molecular weight is 341 g/mol. The molecule has 0 atom stereocenters. The minimum absolute atomic E-state index is 0.212. The highest BCUT2D eigenvalue weighted by molar-refractivity contribution is 8.09. The van der Waals surface area contributed by atoms with Crippen molar-refractivity contribution >= 4 is 20.0 Å². The van der Waals surface area contributed by atoms with Crippen molar-refractivity contribution in [3.63, 3.8) is 0 Å². The Balaban J connectivity index is 3.03. The molecule has 21 heavy (non-hydrogen) atoms. The summed E-state index contributed by atoms with van der Waals surface area (Å²) in [6, 6.07) is 0. The van der Waals surface area contributed by atoms with Crippen LogP contribution in [-0.2, 0) is 13.5 Å². The third-order valence-electron chi connectivity index (χ3n) is 3.72. The van der Waals surface area contributed by atoms with Gasteiger partial charge in [0.1, 0.15) is 0 Å². The molecule has 0 fully saturated rings. The number of halogens is 1. The summed E-state index contributed by atoms with van der Waals surface area (Å²) in [5.41, 5.74) is 0. The predicted octanol–water partition coefficient (Wildman–Crippen LogP) is 5.97. The quantitative estimate of drug-likeness (QED) is 0.257. The molecule has 0 radical (unpaired) electrons. The first kappa shape index (κ1) is 21.2. The summed E-state index contributed by atoms with van der Waals surface area (Å²) in [6.07, 6.45) is 17.9. The highest BCUT2D eigenvalue weighted by Gasteiger charge is 2.03. The first-order valence-corrected chi connectivity index (χ1v) is 10.9. The molecule has 0 unspecified atom stereocenters. The van der Waals surface area contributed by atoms with Gasteiger partial charge in [-0.05, 0) is 6.42 Å². The van der Waals surface area contributed by atoms with Crippen LogP contribution in [0, 0.1) is 0 Å². The van der Waals surface area contributed by atoms with Gasteiger partial charge < -0.3 is 0 Å². The zero-order chi connectivity index (χ0) is 15.8. The summed E-state index contributed by atoms with van der Waals surface area (Å²) < 4.78 is 25.5. The van der Waals surface area contributed by atoms with Crippen LogP contribution >= 0.6 is 10.7 Å². The van der Waals surface area contributed by atoms with Gasteiger partial charge in [0.15, 0.2) is 0 Å². The molecule has 0 heterocycles. The molecule has 0 aromatic heterocycles. The number of hydrogen-bond donors (Lipinski definition) is 0. The predicted molar refractivity (Wildman–Crippen MR) is 91.0 cm³/mol. The van der Waals surface area contributed by atoms with E-state index >= 15 is 0 Å². The van der Waals surface area contributed by atoms with E-state index in [1.807, 2.05) is 0 Å². The largest absolute Gasteiger partial charge is 0.355 e. The number of unbranched alkanes of at least 4 members (excludes halogenated alkanes) is 13. The van der Waals surface area contributed by atoms with E-state index in [1.54, 1.807) is 0 Å². The van der Waals surface area contributed by atoms with Crippen molar-refractivity contribution in [2.45, 2.75) is 96.8 Å². The van der Waals surface area contributed by atoms with Crippen LogP contribution in [0.5, 0.6) is 0 Å². The van der Waals surface area contributed by atoms with Crippen molar-refractivity contribution in [3.05, 3.63) is 0 Å². The van der Waals surface area contributed by atoms with E-state index < -0.39 is 9.33 Å². The second-order valence-electron chi connectivity index (χ2n) is 5.81. The lowest BCUT2D eigenvalue weighted by Gasteiger charge is -2.03. The van der Waals surface area contributed by atoms with Gasteiger partial charge in [0.25, 0.3) is 0 Å². The second-order valence-corrected chi connectivity index (χ2v) is 7.97. The average Bonchev–Trinajstić information content (AvgIpc) is 2.42. The van der Waals surface area contributed by atoms with E-state index in [0.29, 0.717) is 0 Å². The van der Waals surface area contributed by atoms with Crippen LogP contribution in [0.2, 0.25) is 0 Å². The van der Waals surface area contributed by atoms with E-state index in [-0.39, 0.29) is 6.61 Å². The smallest absolute Gasteiger partial charge is 0.258 e. The molecule has 0 saturated carbocycles. The van der Waals surface area contributed by atoms with Gasteiger partial charge in [-0.3, -0.25) is 4.18 Å². The molecule has 0 aliphatic rings. The van der Waals surface area contributed by atoms with Gasteiger partial charge in [-0.1, -0.05) is 90.4 Å². The topological polar surface area (TPSA) is 43.4 Å². The first-order valence-electron chi connectivity index (χ1n) is 8.65. The minimum Gasteiger partial charge on any atom is -0.258 e. The van der Waals surface area contributed by atoms with Gasteiger partial charge in [-0.2, -0.15) is 8.42 Å². The van der Waals surface area contributed by atoms with E-state index in [9.17, 15) is 8.42 Å². The summed E-state index contributed by atoms with van der Waals surface area (Å²) in [6.45, 7) is 2.47. The Labute approximate surface area is 136 Å². The van der Waals surface area contributed by atoms with Crippen LogP contribution in [0.3, 0.4) is 0 Å². The van der Waals surface area contributed by atoms with Crippen molar-refractivity contribution in [1.29, 1.82) is 0 Å². The summed E-state index contributed by atoms with van der Waals surface area (Å²) in [5, 5.41) is 0. The second kappa shape index (κ2) is 15.1. The molecule has 128 valence electrons. The van der Waals surface area contributed by atoms with Crippen molar-refractivity contribution in [3.8, 4) is 0 Å². The minimum atomic E-state index is -3.77. The Hall–Kier alpha value is 0.200. The fourth-order valence-electron chi connectivity index (χ4n) is 2.46. The summed E-state index contributed by atoms with van der Waals surface area (Å²) >= 11 is 0. The zero-order valence-corrected chi connectivity index (χ0v) is 15.2. The lowest BCUT2D eigenvalue weighted by Crippen LogP contribution is -1.98. The Bertz CT molecular complexity index is 305. The molecule has 0 N–H and O–H groups in total. The molecule has 0 aromatic carbocycles. The lowest BCUT2D eigenvalue weighted by molar-refractivity contribution is 0.315. The maximum Gasteiger partial charge on any atom is 0.355 e. The molecule has 5 heteroatoms. The van der Waals surface area contributed by atoms with E-state index in [4.69, 9.17) is 10.7 Å². The van der Waals surface area contributed by atoms with E-state index in [2.05, 4.69) is 11.1 Å². The molecule has 0 spiro atoms. The van der Waals surface area contributed by atoms with Gasteiger partial charge >= 0.3 is 9.33 Å². The summed E-state index contributed by atoms with van der Waals surface area (Å²) in [4.78, 5) is 0. The van der Waals surface area contributed by atoms with Crippen molar-refractivity contribution in [2.75, 3.05) is 6.61 Å². The third kappa shape index (κ3) is 20.2. The molecule has 0 amide bonds. The summed E-state index contributed by atoms with van der Waals surface area (Å²) in [7, 11) is 1.17. The van der Waals surface area contributed by atoms with Crippen LogP contribution in [0.1, 0.15) is 96.8 Å². The van der Waals surface area contributed by atoms with E-state index in [0.717, 1.165) is 19.3 Å². The number of hydrogen-bond acceptors (Lipinski definition) is 3. The first-order chi connectivity index (χ1) is 10.1. The van der Waals surface area contributed by atoms with Gasteiger partial charge in [-0.15, -0.1) is 0 Å². The molecule has 0 rings (SSSR count). The number of rotatable bonds is 16. The Morgan fingerprint density at radius 3 is 1.33 bits per heavy atom. The van der Waals surface area contributed by atoms with Crippen molar-refractivity contribution in [1.82, 2.24) is 0 Å². The SMILES string of the molecule is CCCCCCCCCCCCCCCCOS(=O)(=O)Cl. The third-order valence-corrected chi connectivity index (χ3v) is 4.44. The molecular weight excluding hydrogens is 308 g/mol. The van der Waals surface area contributed by atoms with Gasteiger partial charge in [0, 0.05) is 10.7 Å². The normalized spacial score (nSPS) is 11.9. The van der Waals surface area contributed by atoms with Crippen molar-refractivity contribution in [2.24, 2.45) is 0 Å². The van der Waals surface area contributed by atoms with Crippen LogP contribution in [0.25, 0.3) is 0 Å². The molecule has 0 saturated heterocycles. The fourth-order valence-corrected chi connectivity index (χ4v) is 2.96. The summed E-state index contributed by atoms with van der Waals surface area (Å²) in [5.74, 6) is 0. The molecular formula is C16H33ClO3S. The highest BCUT2D eigenvalue weighted by Crippen LogP contribution is 2.13. The maximum atomic E-state index is 10.5. The molecule has 0 aromatic rings. The molecule has 0 aliphatic carbocycles. The Morgan fingerprint density at radius 1 is 0.667 bits per heavy atom. The van der Waals surface area contributed by atoms with Gasteiger partial charge in [0.2, 0.25) is 0 Å². The zero-order valence-electron chi connectivity index (χ0n) is 13.6. The maximum absolute atomic E-state index is 10.5. The van der Waals surface area contributed by atoms with Crippen LogP contribution in [-0.4, -0.2) is 15.0 Å². The van der Waals surface area contributed by atoms with E-state index in [1.165, 1.54) is 70.6 Å². The van der Waals surface area contributed by atoms with Gasteiger partial charge in [0.05, 0.1) is 6.61 Å². The van der Waals surface area contributed by atoms with Crippen molar-refractivity contribution < 1.29 is 12.6 Å².